The Kier molecular flexibility index (Phi) is 6.48. The molecule has 2 saturated carbocycles. The molecule has 0 bridgehead atoms. The molecule has 10 heteroatoms. The molecule has 0 aromatic heterocycles. The third-order valence-electron chi connectivity index (χ3n) is 5.32. The Morgan fingerprint density at radius 3 is 1.38 bits per heavy atom. The molecule has 154 valence electrons. The highest BCUT2D eigenvalue weighted by atomic mass is 32.2. The lowest BCUT2D eigenvalue weighted by atomic mass is 9.83. The molecule has 0 aliphatic heterocycles. The fraction of sp³-hybridized carbons (Fsp3) is 1.00. The molecule has 0 saturated heterocycles. The third-order valence-corrected chi connectivity index (χ3v) is 7.92. The van der Waals surface area contributed by atoms with Crippen LogP contribution in [0.4, 0.5) is 35.1 Å². The normalized spacial score (nSPS) is 38.2. The van der Waals surface area contributed by atoms with Crippen LogP contribution in [-0.4, -0.2) is 38.7 Å². The van der Waals surface area contributed by atoms with Gasteiger partial charge in [0.1, 0.15) is 21.8 Å². The van der Waals surface area contributed by atoms with Crippen LogP contribution in [-0.2, 0) is 11.2 Å². The highest BCUT2D eigenvalue weighted by Crippen LogP contribution is 2.54. The van der Waals surface area contributed by atoms with E-state index in [-0.39, 0.29) is 38.5 Å². The zero-order valence-corrected chi connectivity index (χ0v) is 14.9. The first-order chi connectivity index (χ1) is 11.8. The number of alkyl halides is 8. The smallest absolute Gasteiger partial charge is 0.394 e. The maximum Gasteiger partial charge on any atom is 0.394 e. The van der Waals surface area contributed by atoms with Crippen molar-refractivity contribution >= 4 is 11.2 Å². The molecule has 1 nitrogen and oxygen atoms in total. The minimum Gasteiger partial charge on any atom is -0.615 e. The molecular formula is C16H22F8OS. The van der Waals surface area contributed by atoms with Crippen molar-refractivity contribution in [3.8, 4) is 0 Å². The van der Waals surface area contributed by atoms with Gasteiger partial charge >= 0.3 is 12.4 Å². The Balaban J connectivity index is 2.42. The van der Waals surface area contributed by atoms with E-state index >= 15 is 0 Å². The summed E-state index contributed by atoms with van der Waals surface area (Å²) in [6.07, 6.45) is -18.0. The molecule has 0 aromatic rings. The summed E-state index contributed by atoms with van der Waals surface area (Å²) < 4.78 is 116. The van der Waals surface area contributed by atoms with E-state index in [0.29, 0.717) is 0 Å². The van der Waals surface area contributed by atoms with Crippen LogP contribution in [0.3, 0.4) is 0 Å². The SMILES string of the molecule is [O-][S+](C1(CC(F)(F)F)CCCC(F)C1)C1(CC(F)(F)F)CCCC(F)C1. The Hall–Kier alpha value is -0.250. The van der Waals surface area contributed by atoms with Crippen LogP contribution in [0.5, 0.6) is 0 Å². The summed E-state index contributed by atoms with van der Waals surface area (Å²) in [5.74, 6) is 0. The van der Waals surface area contributed by atoms with E-state index in [1.165, 1.54) is 0 Å². The van der Waals surface area contributed by atoms with Gasteiger partial charge in [-0.15, -0.1) is 0 Å². The fourth-order valence-corrected chi connectivity index (χ4v) is 7.32. The van der Waals surface area contributed by atoms with Crippen LogP contribution in [0.2, 0.25) is 0 Å². The van der Waals surface area contributed by atoms with Crippen molar-refractivity contribution < 1.29 is 39.7 Å². The van der Waals surface area contributed by atoms with Crippen LogP contribution in [0.15, 0.2) is 0 Å². The molecule has 4 unspecified atom stereocenters. The molecular weight excluding hydrogens is 392 g/mol. The zero-order valence-electron chi connectivity index (χ0n) is 14.1. The first-order valence-electron chi connectivity index (χ1n) is 8.61. The van der Waals surface area contributed by atoms with Crippen molar-refractivity contribution in [1.29, 1.82) is 0 Å². The Bertz CT molecular complexity index is 440. The molecule has 0 N–H and O–H groups in total. The van der Waals surface area contributed by atoms with Crippen molar-refractivity contribution in [2.75, 3.05) is 0 Å². The van der Waals surface area contributed by atoms with Crippen molar-refractivity contribution in [1.82, 2.24) is 0 Å². The largest absolute Gasteiger partial charge is 0.615 e. The van der Waals surface area contributed by atoms with Gasteiger partial charge in [0.05, 0.1) is 12.8 Å². The predicted octanol–water partition coefficient (Wildman–Crippen LogP) is 5.94. The molecule has 26 heavy (non-hydrogen) atoms. The van der Waals surface area contributed by atoms with Gasteiger partial charge in [-0.3, -0.25) is 0 Å². The lowest BCUT2D eigenvalue weighted by Crippen LogP contribution is -2.59. The van der Waals surface area contributed by atoms with E-state index in [1.54, 1.807) is 0 Å². The number of rotatable bonds is 4. The Morgan fingerprint density at radius 2 is 1.12 bits per heavy atom. The maximum atomic E-state index is 13.9. The summed E-state index contributed by atoms with van der Waals surface area (Å²) in [5, 5.41) is 0. The second-order valence-electron chi connectivity index (χ2n) is 7.61. The first kappa shape index (κ1) is 22.0. The second kappa shape index (κ2) is 7.64. The van der Waals surface area contributed by atoms with Crippen LogP contribution in [0.25, 0.3) is 0 Å². The molecule has 0 radical (unpaired) electrons. The summed E-state index contributed by atoms with van der Waals surface area (Å²) in [5.41, 5.74) is 0. The van der Waals surface area contributed by atoms with E-state index in [1.807, 2.05) is 0 Å². The van der Waals surface area contributed by atoms with E-state index < -0.39 is 71.0 Å². The molecule has 2 fully saturated rings. The van der Waals surface area contributed by atoms with Gasteiger partial charge in [0, 0.05) is 12.8 Å². The Morgan fingerprint density at radius 1 is 0.769 bits per heavy atom. The summed E-state index contributed by atoms with van der Waals surface area (Å²) >= 11 is -2.66. The molecule has 0 spiro atoms. The van der Waals surface area contributed by atoms with Gasteiger partial charge in [0.2, 0.25) is 0 Å². The van der Waals surface area contributed by atoms with Gasteiger partial charge in [-0.2, -0.15) is 26.3 Å². The average molecular weight is 414 g/mol. The summed E-state index contributed by atoms with van der Waals surface area (Å²) in [6, 6.07) is 0. The molecule has 0 aromatic carbocycles. The van der Waals surface area contributed by atoms with Gasteiger partial charge in [-0.1, -0.05) is 0 Å². The maximum absolute atomic E-state index is 13.9. The average Bonchev–Trinajstić information content (AvgIpc) is 2.42. The second-order valence-corrected chi connectivity index (χ2v) is 9.88. The molecule has 0 heterocycles. The molecule has 2 rings (SSSR count). The molecule has 0 amide bonds. The topological polar surface area (TPSA) is 23.1 Å². The number of hydrogen-bond acceptors (Lipinski definition) is 1. The van der Waals surface area contributed by atoms with Crippen LogP contribution in [0, 0.1) is 0 Å². The van der Waals surface area contributed by atoms with Crippen molar-refractivity contribution in [3.63, 3.8) is 0 Å². The van der Waals surface area contributed by atoms with E-state index in [9.17, 15) is 39.7 Å². The third kappa shape index (κ3) is 5.39. The van der Waals surface area contributed by atoms with Gasteiger partial charge in [-0.05, 0) is 49.7 Å². The lowest BCUT2D eigenvalue weighted by Gasteiger charge is -2.50. The van der Waals surface area contributed by atoms with Crippen LogP contribution < -0.4 is 0 Å². The first-order valence-corrected chi connectivity index (χ1v) is 9.76. The minimum absolute atomic E-state index is 0.00514. The molecule has 4 atom stereocenters. The van der Waals surface area contributed by atoms with Gasteiger partial charge in [-0.25, -0.2) is 8.78 Å². The standard InChI is InChI=1S/C16H22F8OS/c17-11-3-1-5-13(7-11,9-15(19,20)21)26(25)14(10-16(22,23)24)6-2-4-12(18)8-14/h11-12H,1-10H2. The molecule has 2 aliphatic carbocycles. The summed E-state index contributed by atoms with van der Waals surface area (Å²) in [4.78, 5) is 0. The lowest BCUT2D eigenvalue weighted by molar-refractivity contribution is -0.147. The summed E-state index contributed by atoms with van der Waals surface area (Å²) in [7, 11) is 0. The van der Waals surface area contributed by atoms with Gasteiger partial charge in [0.15, 0.2) is 0 Å². The monoisotopic (exact) mass is 414 g/mol. The zero-order chi connectivity index (χ0) is 19.8. The highest BCUT2D eigenvalue weighted by molar-refractivity contribution is 7.94. The minimum atomic E-state index is -4.80. The van der Waals surface area contributed by atoms with Crippen molar-refractivity contribution in [2.24, 2.45) is 0 Å². The van der Waals surface area contributed by atoms with Gasteiger partial charge < -0.3 is 4.55 Å². The Labute approximate surface area is 150 Å². The van der Waals surface area contributed by atoms with Crippen molar-refractivity contribution in [2.45, 2.75) is 98.4 Å². The quantitative estimate of drug-likeness (QED) is 0.412. The van der Waals surface area contributed by atoms with E-state index in [0.717, 1.165) is 0 Å². The van der Waals surface area contributed by atoms with E-state index in [4.69, 9.17) is 0 Å². The van der Waals surface area contributed by atoms with Crippen LogP contribution in [0.1, 0.15) is 64.2 Å². The highest BCUT2D eigenvalue weighted by Gasteiger charge is 2.63. The molecule has 2 aliphatic rings. The van der Waals surface area contributed by atoms with Gasteiger partial charge in [0.25, 0.3) is 0 Å². The summed E-state index contributed by atoms with van der Waals surface area (Å²) in [6.45, 7) is 0. The van der Waals surface area contributed by atoms with Crippen molar-refractivity contribution in [3.05, 3.63) is 0 Å². The van der Waals surface area contributed by atoms with E-state index in [2.05, 4.69) is 0 Å². The van der Waals surface area contributed by atoms with Crippen LogP contribution >= 0.6 is 0 Å². The fourth-order valence-electron chi connectivity index (χ4n) is 4.49. The number of halogens is 8. The number of hydrogen-bond donors (Lipinski definition) is 0. The predicted molar refractivity (Wildman–Crippen MR) is 81.7 cm³/mol.